The molecule has 0 bridgehead atoms. The van der Waals surface area contributed by atoms with Gasteiger partial charge in [0.2, 0.25) is 0 Å². The molecule has 0 saturated carbocycles. The second kappa shape index (κ2) is 4.20. The highest BCUT2D eigenvalue weighted by atomic mass is 35.5. The first kappa shape index (κ1) is 10.4. The number of anilines is 2. The number of rotatable bonds is 2. The highest BCUT2D eigenvalue weighted by molar-refractivity contribution is 6.32. The number of likely N-dealkylation sites (N-methyl/N-ethyl adjacent to an activating group) is 1. The summed E-state index contributed by atoms with van der Waals surface area (Å²) in [5.74, 6) is 0.672. The Morgan fingerprint density at radius 3 is 3.07 bits per heavy atom. The molecule has 0 amide bonds. The number of nitrogen functional groups attached to an aromatic ring is 1. The van der Waals surface area contributed by atoms with E-state index in [9.17, 15) is 0 Å². The smallest absolute Gasteiger partial charge is 0.157 e. The fourth-order valence-corrected chi connectivity index (χ4v) is 1.78. The average Bonchev–Trinajstić information content (AvgIpc) is 2.74. The number of ether oxygens (including phenoxy) is 1. The molecule has 0 spiro atoms. The molecule has 1 saturated heterocycles. The van der Waals surface area contributed by atoms with Gasteiger partial charge in [-0.25, -0.2) is 9.97 Å². The average molecular weight is 229 g/mol. The fraction of sp³-hybridized carbons (Fsp3) is 0.556. The molecule has 0 aliphatic carbocycles. The molecule has 82 valence electrons. The zero-order chi connectivity index (χ0) is 10.8. The molecular formula is C9H13ClN4O. The molecule has 2 N–H and O–H groups in total. The number of nitrogens with zero attached hydrogens (tertiary/aromatic N) is 3. The standard InChI is InChI=1S/C9H13ClN4O/c1-14(6-2-3-15-4-6)9-7(11)8(10)12-5-13-9/h5-6H,2-4,11H2,1H3. The number of nitrogens with two attached hydrogens (primary N) is 1. The molecule has 5 nitrogen and oxygen atoms in total. The minimum Gasteiger partial charge on any atom is -0.393 e. The Morgan fingerprint density at radius 2 is 2.40 bits per heavy atom. The van der Waals surface area contributed by atoms with Crippen LogP contribution in [-0.4, -0.2) is 36.3 Å². The van der Waals surface area contributed by atoms with Crippen molar-refractivity contribution in [3.05, 3.63) is 11.5 Å². The Balaban J connectivity index is 2.24. The van der Waals surface area contributed by atoms with Crippen molar-refractivity contribution >= 4 is 23.1 Å². The van der Waals surface area contributed by atoms with E-state index in [2.05, 4.69) is 9.97 Å². The van der Waals surface area contributed by atoms with Gasteiger partial charge in [-0.05, 0) is 6.42 Å². The maximum absolute atomic E-state index is 5.83. The third-order valence-electron chi connectivity index (χ3n) is 2.60. The van der Waals surface area contributed by atoms with Crippen LogP contribution in [0.1, 0.15) is 6.42 Å². The second-order valence-corrected chi connectivity index (χ2v) is 3.89. The summed E-state index contributed by atoms with van der Waals surface area (Å²) in [7, 11) is 1.94. The molecule has 1 aromatic heterocycles. The van der Waals surface area contributed by atoms with E-state index in [1.165, 1.54) is 6.33 Å². The predicted octanol–water partition coefficient (Wildman–Crippen LogP) is 0.937. The number of halogens is 1. The fourth-order valence-electron chi connectivity index (χ4n) is 1.65. The summed E-state index contributed by atoms with van der Waals surface area (Å²) in [5.41, 5.74) is 6.24. The van der Waals surface area contributed by atoms with Crippen LogP contribution in [0.3, 0.4) is 0 Å². The van der Waals surface area contributed by atoms with Gasteiger partial charge >= 0.3 is 0 Å². The lowest BCUT2D eigenvalue weighted by Crippen LogP contribution is -2.33. The first-order valence-corrected chi connectivity index (χ1v) is 5.14. The van der Waals surface area contributed by atoms with E-state index in [4.69, 9.17) is 22.1 Å². The van der Waals surface area contributed by atoms with E-state index in [-0.39, 0.29) is 0 Å². The maximum atomic E-state index is 5.83. The Bertz CT molecular complexity index is 354. The largest absolute Gasteiger partial charge is 0.393 e. The van der Waals surface area contributed by atoms with Gasteiger partial charge in [0.1, 0.15) is 12.0 Å². The molecule has 1 atom stereocenters. The van der Waals surface area contributed by atoms with Gasteiger partial charge in [0.25, 0.3) is 0 Å². The predicted molar refractivity (Wildman–Crippen MR) is 59.1 cm³/mol. The van der Waals surface area contributed by atoms with E-state index < -0.39 is 0 Å². The van der Waals surface area contributed by atoms with Crippen LogP contribution in [0.5, 0.6) is 0 Å². The van der Waals surface area contributed by atoms with Gasteiger partial charge in [0.15, 0.2) is 11.0 Å². The number of hydrogen-bond donors (Lipinski definition) is 1. The third kappa shape index (κ3) is 1.98. The van der Waals surface area contributed by atoms with Crippen LogP contribution in [0.4, 0.5) is 11.5 Å². The molecule has 1 aliphatic rings. The molecule has 2 heterocycles. The van der Waals surface area contributed by atoms with Crippen molar-refractivity contribution in [2.75, 3.05) is 30.9 Å². The summed E-state index contributed by atoms with van der Waals surface area (Å²) in [6.45, 7) is 1.49. The molecule has 1 fully saturated rings. The Kier molecular flexibility index (Phi) is 2.93. The Hall–Kier alpha value is -1.07. The van der Waals surface area contributed by atoms with Gasteiger partial charge in [-0.1, -0.05) is 11.6 Å². The van der Waals surface area contributed by atoms with E-state index in [1.807, 2.05) is 11.9 Å². The second-order valence-electron chi connectivity index (χ2n) is 3.53. The van der Waals surface area contributed by atoms with Gasteiger partial charge in [0.05, 0.1) is 12.6 Å². The van der Waals surface area contributed by atoms with Crippen LogP contribution in [-0.2, 0) is 4.74 Å². The van der Waals surface area contributed by atoms with Crippen LogP contribution in [0, 0.1) is 0 Å². The minimum atomic E-state index is 0.297. The molecule has 0 radical (unpaired) electrons. The zero-order valence-electron chi connectivity index (χ0n) is 8.48. The quantitative estimate of drug-likeness (QED) is 0.764. The first-order chi connectivity index (χ1) is 7.20. The SMILES string of the molecule is CN(c1ncnc(Cl)c1N)C1CCOC1. The first-order valence-electron chi connectivity index (χ1n) is 4.76. The summed E-state index contributed by atoms with van der Waals surface area (Å²) >= 11 is 5.83. The van der Waals surface area contributed by atoms with Crippen molar-refractivity contribution in [3.63, 3.8) is 0 Å². The van der Waals surface area contributed by atoms with Crippen molar-refractivity contribution in [2.45, 2.75) is 12.5 Å². The molecule has 15 heavy (non-hydrogen) atoms. The highest BCUT2D eigenvalue weighted by Crippen LogP contribution is 2.27. The van der Waals surface area contributed by atoms with Crippen molar-refractivity contribution in [1.29, 1.82) is 0 Å². The van der Waals surface area contributed by atoms with E-state index in [1.54, 1.807) is 0 Å². The normalized spacial score (nSPS) is 20.5. The minimum absolute atomic E-state index is 0.297. The monoisotopic (exact) mass is 228 g/mol. The Labute approximate surface area is 93.2 Å². The van der Waals surface area contributed by atoms with Crippen LogP contribution in [0.15, 0.2) is 6.33 Å². The van der Waals surface area contributed by atoms with E-state index >= 15 is 0 Å². The third-order valence-corrected chi connectivity index (χ3v) is 2.90. The van der Waals surface area contributed by atoms with Crippen molar-refractivity contribution in [3.8, 4) is 0 Å². The molecule has 1 aliphatic heterocycles. The summed E-state index contributed by atoms with van der Waals surface area (Å²) in [6, 6.07) is 0.318. The summed E-state index contributed by atoms with van der Waals surface area (Å²) in [4.78, 5) is 9.95. The van der Waals surface area contributed by atoms with Crippen LogP contribution >= 0.6 is 11.6 Å². The van der Waals surface area contributed by atoms with E-state index in [0.717, 1.165) is 13.0 Å². The molecule has 6 heteroatoms. The van der Waals surface area contributed by atoms with Crippen molar-refractivity contribution in [1.82, 2.24) is 9.97 Å². The van der Waals surface area contributed by atoms with Gasteiger partial charge in [-0.15, -0.1) is 0 Å². The van der Waals surface area contributed by atoms with Gasteiger partial charge in [-0.2, -0.15) is 0 Å². The topological polar surface area (TPSA) is 64.3 Å². The molecule has 2 rings (SSSR count). The van der Waals surface area contributed by atoms with Crippen LogP contribution in [0.2, 0.25) is 5.15 Å². The van der Waals surface area contributed by atoms with Crippen LogP contribution < -0.4 is 10.6 Å². The Morgan fingerprint density at radius 1 is 1.60 bits per heavy atom. The molecule has 0 aromatic carbocycles. The number of aromatic nitrogens is 2. The summed E-state index contributed by atoms with van der Waals surface area (Å²) < 4.78 is 5.31. The number of hydrogen-bond acceptors (Lipinski definition) is 5. The van der Waals surface area contributed by atoms with Gasteiger partial charge < -0.3 is 15.4 Å². The van der Waals surface area contributed by atoms with Crippen molar-refractivity contribution < 1.29 is 4.74 Å². The summed E-state index contributed by atoms with van der Waals surface area (Å²) in [5, 5.41) is 0.297. The highest BCUT2D eigenvalue weighted by Gasteiger charge is 2.23. The molecule has 1 aromatic rings. The maximum Gasteiger partial charge on any atom is 0.157 e. The lowest BCUT2D eigenvalue weighted by Gasteiger charge is -2.25. The van der Waals surface area contributed by atoms with Gasteiger partial charge in [-0.3, -0.25) is 0 Å². The molecule has 1 unspecified atom stereocenters. The lowest BCUT2D eigenvalue weighted by atomic mass is 10.2. The molecular weight excluding hydrogens is 216 g/mol. The van der Waals surface area contributed by atoms with Crippen molar-refractivity contribution in [2.24, 2.45) is 0 Å². The van der Waals surface area contributed by atoms with Gasteiger partial charge in [0, 0.05) is 13.7 Å². The summed E-state index contributed by atoms with van der Waals surface area (Å²) in [6.07, 6.45) is 2.40. The van der Waals surface area contributed by atoms with Crippen LogP contribution in [0.25, 0.3) is 0 Å². The van der Waals surface area contributed by atoms with E-state index in [0.29, 0.717) is 29.3 Å². The zero-order valence-corrected chi connectivity index (χ0v) is 9.24. The lowest BCUT2D eigenvalue weighted by molar-refractivity contribution is 0.193.